The number of nitrogens with zero attached hydrogens (tertiary/aromatic N) is 3. The third-order valence-corrected chi connectivity index (χ3v) is 3.88. The number of para-hydroxylation sites is 1. The largest absolute Gasteiger partial charge is 0.478 e. The van der Waals surface area contributed by atoms with E-state index >= 15 is 0 Å². The fraction of sp³-hybridized carbons (Fsp3) is 0.500. The third kappa shape index (κ3) is 2.93. The van der Waals surface area contributed by atoms with Gasteiger partial charge in [0.2, 0.25) is 0 Å². The molecule has 0 radical (unpaired) electrons. The Morgan fingerprint density at radius 3 is 2.52 bits per heavy atom. The van der Waals surface area contributed by atoms with E-state index in [0.717, 1.165) is 17.9 Å². The van der Waals surface area contributed by atoms with Crippen molar-refractivity contribution in [2.45, 2.75) is 39.3 Å². The minimum Gasteiger partial charge on any atom is -0.478 e. The minimum atomic E-state index is -0.929. The fourth-order valence-electron chi connectivity index (χ4n) is 2.40. The zero-order chi connectivity index (χ0) is 15.7. The van der Waals surface area contributed by atoms with Crippen LogP contribution in [-0.2, 0) is 6.54 Å². The summed E-state index contributed by atoms with van der Waals surface area (Å²) in [5.74, 6) is 0.252. The fourth-order valence-corrected chi connectivity index (χ4v) is 2.40. The number of carbonyl (C=O) groups is 1. The second-order valence-electron chi connectivity index (χ2n) is 6.03. The number of likely N-dealkylation sites (N-methyl/N-ethyl adjacent to an activating group) is 1. The van der Waals surface area contributed by atoms with E-state index in [1.165, 1.54) is 0 Å². The number of imidazole rings is 1. The van der Waals surface area contributed by atoms with Crippen LogP contribution in [0.5, 0.6) is 0 Å². The highest BCUT2D eigenvalue weighted by Gasteiger charge is 2.20. The summed E-state index contributed by atoms with van der Waals surface area (Å²) in [4.78, 5) is 18.1. The van der Waals surface area contributed by atoms with Gasteiger partial charge in [0.15, 0.2) is 0 Å². The molecule has 21 heavy (non-hydrogen) atoms. The van der Waals surface area contributed by atoms with Gasteiger partial charge in [-0.1, -0.05) is 19.9 Å². The van der Waals surface area contributed by atoms with Gasteiger partial charge in [-0.2, -0.15) is 0 Å². The molecule has 2 rings (SSSR count). The number of hydrogen-bond acceptors (Lipinski definition) is 3. The summed E-state index contributed by atoms with van der Waals surface area (Å²) >= 11 is 0. The van der Waals surface area contributed by atoms with E-state index in [4.69, 9.17) is 0 Å². The summed E-state index contributed by atoms with van der Waals surface area (Å²) in [6.07, 6.45) is 0. The van der Waals surface area contributed by atoms with Crippen molar-refractivity contribution in [3.8, 4) is 0 Å². The van der Waals surface area contributed by atoms with Gasteiger partial charge < -0.3 is 14.6 Å². The third-order valence-electron chi connectivity index (χ3n) is 3.88. The van der Waals surface area contributed by atoms with Crippen LogP contribution in [0.1, 0.15) is 42.9 Å². The molecule has 2 aromatic rings. The van der Waals surface area contributed by atoms with Crippen LogP contribution in [0.2, 0.25) is 0 Å². The Bertz CT molecular complexity index is 659. The highest BCUT2D eigenvalue weighted by molar-refractivity contribution is 6.01. The van der Waals surface area contributed by atoms with E-state index in [2.05, 4.69) is 35.2 Å². The standard InChI is InChI=1S/C16H23N3O2/c1-10(2)15-17-14-12(16(20)21)7-6-8-13(14)19(15)9-11(3)18(4)5/h6-8,10-11H,9H2,1-5H3,(H,20,21). The SMILES string of the molecule is CC(C)c1nc2c(C(=O)O)cccc2n1CC(C)N(C)C. The summed E-state index contributed by atoms with van der Waals surface area (Å²) in [6, 6.07) is 5.69. The number of benzene rings is 1. The predicted octanol–water partition coefficient (Wildman–Crippen LogP) is 2.81. The van der Waals surface area contributed by atoms with Crippen LogP contribution >= 0.6 is 0 Å². The van der Waals surface area contributed by atoms with Crippen molar-refractivity contribution in [3.05, 3.63) is 29.6 Å². The molecule has 0 amide bonds. The number of fused-ring (bicyclic) bond motifs is 1. The van der Waals surface area contributed by atoms with Crippen LogP contribution in [0.3, 0.4) is 0 Å². The van der Waals surface area contributed by atoms with Gasteiger partial charge >= 0.3 is 5.97 Å². The molecule has 1 aromatic carbocycles. The number of carboxylic acids is 1. The lowest BCUT2D eigenvalue weighted by atomic mass is 10.2. The average Bonchev–Trinajstić information content (AvgIpc) is 2.77. The van der Waals surface area contributed by atoms with Crippen LogP contribution in [0.4, 0.5) is 0 Å². The minimum absolute atomic E-state index is 0.244. The number of aromatic nitrogens is 2. The van der Waals surface area contributed by atoms with Gasteiger partial charge in [-0.15, -0.1) is 0 Å². The van der Waals surface area contributed by atoms with E-state index in [9.17, 15) is 9.90 Å². The Labute approximate surface area is 125 Å². The topological polar surface area (TPSA) is 58.4 Å². The van der Waals surface area contributed by atoms with Gasteiger partial charge in [-0.3, -0.25) is 0 Å². The van der Waals surface area contributed by atoms with Gasteiger partial charge in [-0.25, -0.2) is 9.78 Å². The molecule has 0 saturated carbocycles. The number of carboxylic acid groups (broad SMARTS) is 1. The van der Waals surface area contributed by atoms with Crippen LogP contribution in [0, 0.1) is 0 Å². The molecule has 0 aliphatic rings. The first-order chi connectivity index (χ1) is 9.82. The van der Waals surface area contributed by atoms with Crippen molar-refractivity contribution in [2.75, 3.05) is 14.1 Å². The van der Waals surface area contributed by atoms with Crippen molar-refractivity contribution >= 4 is 17.0 Å². The first-order valence-corrected chi connectivity index (χ1v) is 7.21. The molecule has 0 spiro atoms. The number of hydrogen-bond donors (Lipinski definition) is 1. The first kappa shape index (κ1) is 15.5. The Kier molecular flexibility index (Phi) is 4.32. The monoisotopic (exact) mass is 289 g/mol. The molecule has 0 aliphatic carbocycles. The molecule has 1 N–H and O–H groups in total. The molecule has 0 fully saturated rings. The second kappa shape index (κ2) is 5.85. The molecule has 1 aromatic heterocycles. The summed E-state index contributed by atoms with van der Waals surface area (Å²) in [6.45, 7) is 7.11. The van der Waals surface area contributed by atoms with Crippen molar-refractivity contribution in [1.82, 2.24) is 14.5 Å². The molecule has 0 saturated heterocycles. The van der Waals surface area contributed by atoms with Crippen molar-refractivity contribution in [2.24, 2.45) is 0 Å². The summed E-state index contributed by atoms with van der Waals surface area (Å²) in [7, 11) is 4.09. The normalized spacial score (nSPS) is 13.3. The smallest absolute Gasteiger partial charge is 0.337 e. The molecular formula is C16H23N3O2. The zero-order valence-corrected chi connectivity index (χ0v) is 13.3. The Morgan fingerprint density at radius 2 is 2.00 bits per heavy atom. The van der Waals surface area contributed by atoms with E-state index in [1.54, 1.807) is 12.1 Å². The predicted molar refractivity (Wildman–Crippen MR) is 83.9 cm³/mol. The van der Waals surface area contributed by atoms with Crippen LogP contribution in [0.25, 0.3) is 11.0 Å². The lowest BCUT2D eigenvalue weighted by Crippen LogP contribution is -2.30. The highest BCUT2D eigenvalue weighted by atomic mass is 16.4. The average molecular weight is 289 g/mol. The number of rotatable bonds is 5. The van der Waals surface area contributed by atoms with Gasteiger partial charge in [0.25, 0.3) is 0 Å². The lowest BCUT2D eigenvalue weighted by Gasteiger charge is -2.22. The molecule has 114 valence electrons. The summed E-state index contributed by atoms with van der Waals surface area (Å²) < 4.78 is 2.15. The van der Waals surface area contributed by atoms with Gasteiger partial charge in [0.05, 0.1) is 11.1 Å². The summed E-state index contributed by atoms with van der Waals surface area (Å²) in [5.41, 5.74) is 1.75. The van der Waals surface area contributed by atoms with E-state index < -0.39 is 5.97 Å². The molecule has 5 nitrogen and oxygen atoms in total. The molecule has 1 heterocycles. The quantitative estimate of drug-likeness (QED) is 0.919. The zero-order valence-electron chi connectivity index (χ0n) is 13.3. The van der Waals surface area contributed by atoms with Crippen LogP contribution in [0.15, 0.2) is 18.2 Å². The van der Waals surface area contributed by atoms with Gasteiger partial charge in [0.1, 0.15) is 11.3 Å². The molecule has 1 atom stereocenters. The van der Waals surface area contributed by atoms with Crippen molar-refractivity contribution in [1.29, 1.82) is 0 Å². The molecule has 0 bridgehead atoms. The van der Waals surface area contributed by atoms with Crippen molar-refractivity contribution in [3.63, 3.8) is 0 Å². The first-order valence-electron chi connectivity index (χ1n) is 7.21. The molecule has 1 unspecified atom stereocenters. The highest BCUT2D eigenvalue weighted by Crippen LogP contribution is 2.25. The van der Waals surface area contributed by atoms with Crippen LogP contribution in [-0.4, -0.2) is 45.7 Å². The molecule has 5 heteroatoms. The van der Waals surface area contributed by atoms with E-state index in [-0.39, 0.29) is 11.5 Å². The van der Waals surface area contributed by atoms with Gasteiger partial charge in [-0.05, 0) is 33.2 Å². The van der Waals surface area contributed by atoms with Crippen LogP contribution < -0.4 is 0 Å². The molecule has 0 aliphatic heterocycles. The van der Waals surface area contributed by atoms with E-state index in [1.807, 2.05) is 20.2 Å². The molecular weight excluding hydrogens is 266 g/mol. The van der Waals surface area contributed by atoms with Crippen molar-refractivity contribution < 1.29 is 9.90 Å². The Hall–Kier alpha value is -1.88. The maximum Gasteiger partial charge on any atom is 0.337 e. The Morgan fingerprint density at radius 1 is 1.33 bits per heavy atom. The van der Waals surface area contributed by atoms with Gasteiger partial charge in [0, 0.05) is 18.5 Å². The second-order valence-corrected chi connectivity index (χ2v) is 6.03. The number of aromatic carboxylic acids is 1. The maximum absolute atomic E-state index is 11.4. The Balaban J connectivity index is 2.64. The van der Waals surface area contributed by atoms with E-state index in [0.29, 0.717) is 11.6 Å². The maximum atomic E-state index is 11.4. The summed E-state index contributed by atoms with van der Waals surface area (Å²) in [5, 5.41) is 9.33. The lowest BCUT2D eigenvalue weighted by molar-refractivity contribution is 0.0699.